The van der Waals surface area contributed by atoms with Crippen LogP contribution in [-0.2, 0) is 12.8 Å². The van der Waals surface area contributed by atoms with Crippen LogP contribution < -0.4 is 0 Å². The fourth-order valence-electron chi connectivity index (χ4n) is 3.58. The molecule has 1 aromatic rings. The van der Waals surface area contributed by atoms with Crippen LogP contribution in [0.4, 0.5) is 0 Å². The van der Waals surface area contributed by atoms with Gasteiger partial charge in [-0.1, -0.05) is 12.8 Å². The first kappa shape index (κ1) is 21.4. The lowest BCUT2D eigenvalue weighted by atomic mass is 10.00. The average molecular weight is 380 g/mol. The Morgan fingerprint density at radius 2 is 1.46 bits per heavy atom. The predicted octanol–water partition coefficient (Wildman–Crippen LogP) is 3.75. The maximum Gasteiger partial charge on any atom is 0.263 e. The molecule has 0 saturated heterocycles. The van der Waals surface area contributed by atoms with E-state index in [2.05, 4.69) is 49.0 Å². The first-order valence-corrected chi connectivity index (χ1v) is 11.0. The molecular weight excluding hydrogens is 342 g/mol. The number of carbonyl (C=O) groups is 1. The van der Waals surface area contributed by atoms with Gasteiger partial charge in [-0.3, -0.25) is 4.79 Å². The lowest BCUT2D eigenvalue weighted by molar-refractivity contribution is 0.0749. The highest BCUT2D eigenvalue weighted by Crippen LogP contribution is 2.29. The lowest BCUT2D eigenvalue weighted by Crippen LogP contribution is -2.35. The number of thiophene rings is 1. The van der Waals surface area contributed by atoms with E-state index in [1.165, 1.54) is 36.1 Å². The van der Waals surface area contributed by atoms with Gasteiger partial charge in [0.2, 0.25) is 0 Å². The van der Waals surface area contributed by atoms with Crippen LogP contribution in [0.5, 0.6) is 0 Å². The Labute approximate surface area is 164 Å². The third-order valence-electron chi connectivity index (χ3n) is 5.06. The highest BCUT2D eigenvalue weighted by molar-refractivity contribution is 7.14. The van der Waals surface area contributed by atoms with Crippen molar-refractivity contribution in [1.82, 2.24) is 14.7 Å². The number of rotatable bonds is 9. The molecule has 1 aromatic heterocycles. The first-order valence-electron chi connectivity index (χ1n) is 10.2. The second kappa shape index (κ2) is 11.1. The zero-order valence-corrected chi connectivity index (χ0v) is 18.0. The Morgan fingerprint density at radius 1 is 0.885 bits per heavy atom. The van der Waals surface area contributed by atoms with Gasteiger partial charge >= 0.3 is 0 Å². The van der Waals surface area contributed by atoms with Crippen molar-refractivity contribution in [3.8, 4) is 0 Å². The molecule has 0 aromatic carbocycles. The monoisotopic (exact) mass is 379 g/mol. The van der Waals surface area contributed by atoms with Gasteiger partial charge in [0.15, 0.2) is 0 Å². The van der Waals surface area contributed by atoms with E-state index >= 15 is 0 Å². The summed E-state index contributed by atoms with van der Waals surface area (Å²) in [6, 6.07) is 2.21. The van der Waals surface area contributed by atoms with Gasteiger partial charge < -0.3 is 14.7 Å². The highest BCUT2D eigenvalue weighted by Gasteiger charge is 2.20. The summed E-state index contributed by atoms with van der Waals surface area (Å²) in [7, 11) is 8.38. The summed E-state index contributed by atoms with van der Waals surface area (Å²) in [5.41, 5.74) is 1.44. The van der Waals surface area contributed by atoms with E-state index in [-0.39, 0.29) is 5.91 Å². The quantitative estimate of drug-likeness (QED) is 0.654. The summed E-state index contributed by atoms with van der Waals surface area (Å²) in [5.74, 6) is 0.249. The van der Waals surface area contributed by atoms with Gasteiger partial charge in [0, 0.05) is 18.0 Å². The molecule has 1 amide bonds. The standard InChI is InChI=1S/C21H37N3OS/c1-22(2)13-9-15-24(16-10-14-23(3)4)21(25)20-17-18-11-7-5-6-8-12-19(18)26-20/h17H,5-16H2,1-4H3. The van der Waals surface area contributed by atoms with Gasteiger partial charge in [0.05, 0.1) is 4.88 Å². The smallest absolute Gasteiger partial charge is 0.263 e. The number of aryl methyl sites for hydroxylation is 2. The Morgan fingerprint density at radius 3 is 2.04 bits per heavy atom. The van der Waals surface area contributed by atoms with Gasteiger partial charge in [-0.2, -0.15) is 0 Å². The SMILES string of the molecule is CN(C)CCCN(CCCN(C)C)C(=O)c1cc2c(s1)CCCCCC2. The van der Waals surface area contributed by atoms with Crippen LogP contribution in [0.1, 0.15) is 58.6 Å². The largest absolute Gasteiger partial charge is 0.338 e. The van der Waals surface area contributed by atoms with Crippen LogP contribution in [0.3, 0.4) is 0 Å². The summed E-state index contributed by atoms with van der Waals surface area (Å²) in [6.45, 7) is 3.76. The third-order valence-corrected chi connectivity index (χ3v) is 6.29. The van der Waals surface area contributed by atoms with Crippen molar-refractivity contribution >= 4 is 17.2 Å². The fraction of sp³-hybridized carbons (Fsp3) is 0.762. The fourth-order valence-corrected chi connectivity index (χ4v) is 4.80. The molecule has 26 heavy (non-hydrogen) atoms. The maximum atomic E-state index is 13.2. The second-order valence-corrected chi connectivity index (χ2v) is 9.22. The van der Waals surface area contributed by atoms with Gasteiger partial charge in [-0.15, -0.1) is 11.3 Å². The Hall–Kier alpha value is -0.910. The number of nitrogens with zero attached hydrogens (tertiary/aromatic N) is 3. The van der Waals surface area contributed by atoms with Crippen molar-refractivity contribution < 1.29 is 4.79 Å². The van der Waals surface area contributed by atoms with E-state index in [0.717, 1.165) is 56.7 Å². The van der Waals surface area contributed by atoms with Gasteiger partial charge in [-0.05, 0) is 91.4 Å². The van der Waals surface area contributed by atoms with Crippen molar-refractivity contribution in [2.75, 3.05) is 54.4 Å². The highest BCUT2D eigenvalue weighted by atomic mass is 32.1. The average Bonchev–Trinajstić information content (AvgIpc) is 2.94. The summed E-state index contributed by atoms with van der Waals surface area (Å²) < 4.78 is 0. The van der Waals surface area contributed by atoms with Crippen LogP contribution >= 0.6 is 11.3 Å². The Bertz CT molecular complexity index is 514. The molecule has 0 N–H and O–H groups in total. The van der Waals surface area contributed by atoms with E-state index in [1.807, 2.05) is 0 Å². The van der Waals surface area contributed by atoms with Crippen molar-refractivity contribution in [1.29, 1.82) is 0 Å². The van der Waals surface area contributed by atoms with Gasteiger partial charge in [0.25, 0.3) is 5.91 Å². The minimum Gasteiger partial charge on any atom is -0.338 e. The first-order chi connectivity index (χ1) is 12.5. The number of hydrogen-bond donors (Lipinski definition) is 0. The number of fused-ring (bicyclic) bond motifs is 1. The Kier molecular flexibility index (Phi) is 9.09. The molecule has 5 heteroatoms. The summed E-state index contributed by atoms with van der Waals surface area (Å²) in [5, 5.41) is 0. The van der Waals surface area contributed by atoms with Gasteiger partial charge in [0.1, 0.15) is 0 Å². The molecule has 0 unspecified atom stereocenters. The molecule has 0 aliphatic heterocycles. The van der Waals surface area contributed by atoms with E-state index in [9.17, 15) is 4.79 Å². The molecule has 1 aliphatic carbocycles. The van der Waals surface area contributed by atoms with Crippen molar-refractivity contribution in [3.63, 3.8) is 0 Å². The molecule has 0 saturated carbocycles. The molecule has 1 heterocycles. The van der Waals surface area contributed by atoms with E-state index in [0.29, 0.717) is 0 Å². The zero-order chi connectivity index (χ0) is 18.9. The van der Waals surface area contributed by atoms with Crippen molar-refractivity contribution in [2.24, 2.45) is 0 Å². The van der Waals surface area contributed by atoms with Crippen LogP contribution in [0.15, 0.2) is 6.07 Å². The zero-order valence-electron chi connectivity index (χ0n) is 17.2. The molecular formula is C21H37N3OS. The minimum absolute atomic E-state index is 0.249. The Balaban J connectivity index is 2.04. The minimum atomic E-state index is 0.249. The van der Waals surface area contributed by atoms with Crippen molar-refractivity contribution in [2.45, 2.75) is 51.4 Å². The molecule has 4 nitrogen and oxygen atoms in total. The van der Waals surface area contributed by atoms with Crippen LogP contribution in [0.25, 0.3) is 0 Å². The molecule has 0 radical (unpaired) electrons. The summed E-state index contributed by atoms with van der Waals surface area (Å²) >= 11 is 1.76. The number of hydrogen-bond acceptors (Lipinski definition) is 4. The molecule has 0 fully saturated rings. The van der Waals surface area contributed by atoms with E-state index in [4.69, 9.17) is 0 Å². The van der Waals surface area contributed by atoms with Gasteiger partial charge in [-0.25, -0.2) is 0 Å². The van der Waals surface area contributed by atoms with Crippen LogP contribution in [0, 0.1) is 0 Å². The van der Waals surface area contributed by atoms with Crippen LogP contribution in [-0.4, -0.2) is 75.0 Å². The molecule has 0 bridgehead atoms. The third kappa shape index (κ3) is 7.01. The molecule has 148 valence electrons. The van der Waals surface area contributed by atoms with E-state index < -0.39 is 0 Å². The molecule has 0 spiro atoms. The molecule has 0 atom stereocenters. The normalized spacial score (nSPS) is 15.0. The van der Waals surface area contributed by atoms with Crippen molar-refractivity contribution in [3.05, 3.63) is 21.4 Å². The van der Waals surface area contributed by atoms with E-state index in [1.54, 1.807) is 11.3 Å². The summed E-state index contributed by atoms with van der Waals surface area (Å²) in [4.78, 5) is 22.1. The van der Waals surface area contributed by atoms with Crippen LogP contribution in [0.2, 0.25) is 0 Å². The molecule has 1 aliphatic rings. The predicted molar refractivity (Wildman–Crippen MR) is 112 cm³/mol. The number of carbonyl (C=O) groups excluding carboxylic acids is 1. The topological polar surface area (TPSA) is 26.8 Å². The summed E-state index contributed by atoms with van der Waals surface area (Å²) in [6.07, 6.45) is 9.59. The second-order valence-electron chi connectivity index (χ2n) is 8.08. The number of amides is 1. The lowest BCUT2D eigenvalue weighted by Gasteiger charge is -2.24. The molecule has 2 rings (SSSR count). The maximum absolute atomic E-state index is 13.2.